The summed E-state index contributed by atoms with van der Waals surface area (Å²) in [6.45, 7) is 1.66. The van der Waals surface area contributed by atoms with Crippen molar-refractivity contribution in [2.24, 2.45) is 0 Å². The minimum absolute atomic E-state index is 0.0962. The van der Waals surface area contributed by atoms with E-state index in [4.69, 9.17) is 11.6 Å². The molecule has 2 fully saturated rings. The first kappa shape index (κ1) is 21.0. The van der Waals surface area contributed by atoms with E-state index < -0.39 is 15.6 Å². The average Bonchev–Trinajstić information content (AvgIpc) is 3.26. The Bertz CT molecular complexity index is 1070. The Kier molecular flexibility index (Phi) is 5.71. The number of nitrogens with zero attached hydrogens (tertiary/aromatic N) is 6. The number of aromatic nitrogens is 4. The lowest BCUT2D eigenvalue weighted by Crippen LogP contribution is -2.57. The maximum absolute atomic E-state index is 12.5. The molecule has 2 aromatic rings. The van der Waals surface area contributed by atoms with Crippen LogP contribution in [0.25, 0.3) is 5.65 Å². The number of nitriles is 1. The average molecular weight is 454 g/mol. The normalized spacial score (nSPS) is 19.0. The lowest BCUT2D eigenvalue weighted by Gasteiger charge is -2.39. The molecule has 2 aromatic heterocycles. The molecule has 30 heavy (non-hydrogen) atoms. The summed E-state index contributed by atoms with van der Waals surface area (Å²) in [5.41, 5.74) is -0.457. The first-order valence-corrected chi connectivity index (χ1v) is 11.9. The molecular formula is C17H24ClN9O2S. The largest absolute Gasteiger partial charge is 0.353 e. The molecule has 0 aromatic carbocycles. The third kappa shape index (κ3) is 4.29. The van der Waals surface area contributed by atoms with Crippen LogP contribution in [-0.2, 0) is 10.0 Å². The van der Waals surface area contributed by atoms with Crippen LogP contribution in [0, 0.1) is 11.3 Å². The van der Waals surface area contributed by atoms with Crippen LogP contribution in [0.4, 0.5) is 11.9 Å². The molecule has 3 N–H and O–H groups in total. The van der Waals surface area contributed by atoms with Gasteiger partial charge in [-0.2, -0.15) is 29.6 Å². The van der Waals surface area contributed by atoms with Crippen molar-refractivity contribution in [3.8, 4) is 6.07 Å². The van der Waals surface area contributed by atoms with Crippen LogP contribution in [0.2, 0.25) is 5.15 Å². The summed E-state index contributed by atoms with van der Waals surface area (Å²) in [7, 11) is -1.73. The van der Waals surface area contributed by atoms with Crippen LogP contribution in [0.15, 0.2) is 6.07 Å². The van der Waals surface area contributed by atoms with E-state index in [2.05, 4.69) is 36.5 Å². The predicted molar refractivity (Wildman–Crippen MR) is 113 cm³/mol. The molecule has 1 aliphatic heterocycles. The van der Waals surface area contributed by atoms with E-state index in [1.165, 1.54) is 4.52 Å². The zero-order valence-electron chi connectivity index (χ0n) is 16.6. The Hall–Kier alpha value is -2.20. The summed E-state index contributed by atoms with van der Waals surface area (Å²) in [4.78, 5) is 11.0. The number of fused-ring (bicyclic) bond motifs is 1. The Morgan fingerprint density at radius 3 is 2.73 bits per heavy atom. The van der Waals surface area contributed by atoms with Crippen molar-refractivity contribution >= 4 is 39.2 Å². The van der Waals surface area contributed by atoms with E-state index >= 15 is 0 Å². The van der Waals surface area contributed by atoms with Crippen LogP contribution in [-0.4, -0.2) is 72.0 Å². The summed E-state index contributed by atoms with van der Waals surface area (Å²) in [5, 5.41) is 20.1. The fourth-order valence-corrected chi connectivity index (χ4v) is 5.28. The van der Waals surface area contributed by atoms with Crippen molar-refractivity contribution < 1.29 is 8.42 Å². The predicted octanol–water partition coefficient (Wildman–Crippen LogP) is 0.353. The Morgan fingerprint density at radius 1 is 1.33 bits per heavy atom. The molecule has 1 saturated carbocycles. The van der Waals surface area contributed by atoms with Gasteiger partial charge in [0.15, 0.2) is 10.8 Å². The van der Waals surface area contributed by atoms with Gasteiger partial charge in [-0.1, -0.05) is 24.4 Å². The highest BCUT2D eigenvalue weighted by Gasteiger charge is 2.37. The Labute approximate surface area is 179 Å². The van der Waals surface area contributed by atoms with E-state index in [-0.39, 0.29) is 17.5 Å². The van der Waals surface area contributed by atoms with Gasteiger partial charge >= 0.3 is 0 Å². The number of hydrogen-bond acceptors (Lipinski definition) is 9. The molecule has 4 rings (SSSR count). The van der Waals surface area contributed by atoms with Crippen molar-refractivity contribution in [1.29, 1.82) is 5.26 Å². The topological polar surface area (TPSA) is 140 Å². The molecule has 0 bridgehead atoms. The molecule has 0 atom stereocenters. The molecule has 0 amide bonds. The number of halogens is 1. The number of likely N-dealkylation sites (N-methyl/N-ethyl adjacent to an activating group) is 1. The molecule has 162 valence electrons. The van der Waals surface area contributed by atoms with E-state index in [0.717, 1.165) is 25.9 Å². The SMILES string of the molecule is CNC1CN(c2nc(NCCS(=O)(=O)NC3(C#N)CCCC3)n3nc(Cl)cc3n2)C1. The Morgan fingerprint density at radius 2 is 2.07 bits per heavy atom. The van der Waals surface area contributed by atoms with Crippen molar-refractivity contribution in [2.45, 2.75) is 37.3 Å². The highest BCUT2D eigenvalue weighted by atomic mass is 35.5. The van der Waals surface area contributed by atoms with Crippen molar-refractivity contribution in [1.82, 2.24) is 29.6 Å². The first-order chi connectivity index (χ1) is 14.3. The van der Waals surface area contributed by atoms with Crippen LogP contribution < -0.4 is 20.3 Å². The van der Waals surface area contributed by atoms with Crippen LogP contribution >= 0.6 is 11.6 Å². The van der Waals surface area contributed by atoms with Gasteiger partial charge in [0.1, 0.15) is 5.54 Å². The number of sulfonamides is 1. The smallest absolute Gasteiger partial charge is 0.230 e. The Balaban J connectivity index is 1.46. The number of rotatable bonds is 8. The second-order valence-corrected chi connectivity index (χ2v) is 9.95. The highest BCUT2D eigenvalue weighted by molar-refractivity contribution is 7.89. The van der Waals surface area contributed by atoms with Gasteiger partial charge in [-0.25, -0.2) is 8.42 Å². The number of nitrogens with one attached hydrogen (secondary N) is 3. The molecule has 2 aliphatic rings. The minimum atomic E-state index is -3.64. The number of hydrogen-bond donors (Lipinski definition) is 3. The van der Waals surface area contributed by atoms with E-state index in [0.29, 0.717) is 36.4 Å². The molecule has 0 radical (unpaired) electrons. The van der Waals surface area contributed by atoms with Gasteiger partial charge in [0.2, 0.25) is 21.9 Å². The van der Waals surface area contributed by atoms with Crippen LogP contribution in [0.5, 0.6) is 0 Å². The van der Waals surface area contributed by atoms with E-state index in [1.807, 2.05) is 11.9 Å². The summed E-state index contributed by atoms with van der Waals surface area (Å²) in [6, 6.07) is 4.15. The maximum atomic E-state index is 12.5. The van der Waals surface area contributed by atoms with Gasteiger partial charge in [0, 0.05) is 31.7 Å². The summed E-state index contributed by atoms with van der Waals surface area (Å²) in [6.07, 6.45) is 2.78. The standard InChI is InChI=1S/C17H24ClN9O2S/c1-20-12-9-26(10-12)16-22-14-8-13(18)24-27(14)15(23-16)21-6-7-30(28,29)25-17(11-19)4-2-3-5-17/h8,12,20,25H,2-7,9-10H2,1H3,(H,21,22,23). The second kappa shape index (κ2) is 8.14. The van der Waals surface area contributed by atoms with Gasteiger partial charge in [-0.3, -0.25) is 0 Å². The van der Waals surface area contributed by atoms with E-state index in [9.17, 15) is 13.7 Å². The van der Waals surface area contributed by atoms with Gasteiger partial charge in [-0.15, -0.1) is 0 Å². The monoisotopic (exact) mass is 453 g/mol. The van der Waals surface area contributed by atoms with Crippen molar-refractivity contribution in [2.75, 3.05) is 42.7 Å². The van der Waals surface area contributed by atoms with Crippen LogP contribution in [0.1, 0.15) is 25.7 Å². The molecule has 1 aliphatic carbocycles. The third-order valence-electron chi connectivity index (χ3n) is 5.53. The molecule has 0 spiro atoms. The second-order valence-electron chi connectivity index (χ2n) is 7.72. The highest BCUT2D eigenvalue weighted by Crippen LogP contribution is 2.29. The zero-order chi connectivity index (χ0) is 21.4. The first-order valence-electron chi connectivity index (χ1n) is 9.85. The van der Waals surface area contributed by atoms with Crippen molar-refractivity contribution in [3.63, 3.8) is 0 Å². The summed E-state index contributed by atoms with van der Waals surface area (Å²) < 4.78 is 29.1. The molecule has 0 unspecified atom stereocenters. The quantitative estimate of drug-likeness (QED) is 0.516. The van der Waals surface area contributed by atoms with Crippen molar-refractivity contribution in [3.05, 3.63) is 11.2 Å². The lowest BCUT2D eigenvalue weighted by atomic mass is 10.0. The van der Waals surface area contributed by atoms with Gasteiger partial charge < -0.3 is 15.5 Å². The zero-order valence-corrected chi connectivity index (χ0v) is 18.2. The molecule has 11 nitrogen and oxygen atoms in total. The third-order valence-corrected chi connectivity index (χ3v) is 7.16. The fraction of sp³-hybridized carbons (Fsp3) is 0.647. The van der Waals surface area contributed by atoms with Gasteiger partial charge in [0.25, 0.3) is 0 Å². The van der Waals surface area contributed by atoms with E-state index in [1.54, 1.807) is 6.07 Å². The fourth-order valence-electron chi connectivity index (χ4n) is 3.79. The lowest BCUT2D eigenvalue weighted by molar-refractivity contribution is 0.443. The number of anilines is 2. The van der Waals surface area contributed by atoms with Crippen LogP contribution in [0.3, 0.4) is 0 Å². The van der Waals surface area contributed by atoms with Gasteiger partial charge in [-0.05, 0) is 19.9 Å². The minimum Gasteiger partial charge on any atom is -0.353 e. The van der Waals surface area contributed by atoms with Gasteiger partial charge in [0.05, 0.1) is 11.8 Å². The molecule has 13 heteroatoms. The maximum Gasteiger partial charge on any atom is 0.230 e. The molecule has 3 heterocycles. The molecular weight excluding hydrogens is 430 g/mol. The summed E-state index contributed by atoms with van der Waals surface area (Å²) in [5.74, 6) is 0.696. The molecule has 1 saturated heterocycles. The summed E-state index contributed by atoms with van der Waals surface area (Å²) >= 11 is 6.03.